The maximum atomic E-state index is 12.4. The van der Waals surface area contributed by atoms with E-state index in [4.69, 9.17) is 4.74 Å². The van der Waals surface area contributed by atoms with E-state index in [-0.39, 0.29) is 17.8 Å². The second-order valence-electron chi connectivity index (χ2n) is 3.53. The number of hydrogen-bond donors (Lipinski definition) is 0. The third-order valence-corrected chi connectivity index (χ3v) is 2.26. The molecule has 0 aliphatic heterocycles. The highest BCUT2D eigenvalue weighted by Crippen LogP contribution is 2.28. The molecule has 0 unspecified atom stereocenters. The van der Waals surface area contributed by atoms with Crippen LogP contribution in [-0.4, -0.2) is 22.0 Å². The number of pyridine rings is 1. The Balaban J connectivity index is 2.43. The first-order valence-electron chi connectivity index (χ1n) is 5.15. The zero-order valence-electron chi connectivity index (χ0n) is 9.36. The smallest absolute Gasteiger partial charge is 0.434 e. The molecule has 0 N–H and O–H groups in total. The summed E-state index contributed by atoms with van der Waals surface area (Å²) in [5.74, 6) is -0.587. The maximum Gasteiger partial charge on any atom is 0.434 e. The van der Waals surface area contributed by atoms with Crippen molar-refractivity contribution in [1.82, 2.24) is 9.38 Å². The van der Waals surface area contributed by atoms with Crippen LogP contribution >= 0.6 is 0 Å². The van der Waals surface area contributed by atoms with Gasteiger partial charge in [-0.05, 0) is 19.1 Å². The molecule has 0 saturated heterocycles. The van der Waals surface area contributed by atoms with Crippen LogP contribution in [0.3, 0.4) is 0 Å². The zero-order valence-corrected chi connectivity index (χ0v) is 9.36. The van der Waals surface area contributed by atoms with Gasteiger partial charge >= 0.3 is 12.1 Å². The highest BCUT2D eigenvalue weighted by Gasteiger charge is 2.33. The van der Waals surface area contributed by atoms with Gasteiger partial charge in [0.1, 0.15) is 5.65 Å². The predicted molar refractivity (Wildman–Crippen MR) is 56.2 cm³/mol. The van der Waals surface area contributed by atoms with E-state index in [9.17, 15) is 18.0 Å². The second kappa shape index (κ2) is 4.32. The summed E-state index contributed by atoms with van der Waals surface area (Å²) in [5, 5.41) is 0. The Hall–Kier alpha value is -2.05. The van der Waals surface area contributed by atoms with Gasteiger partial charge in [0.05, 0.1) is 12.2 Å². The average molecular weight is 258 g/mol. The van der Waals surface area contributed by atoms with Crippen molar-refractivity contribution in [2.24, 2.45) is 0 Å². The Bertz CT molecular complexity index is 589. The van der Waals surface area contributed by atoms with Gasteiger partial charge < -0.3 is 9.14 Å². The van der Waals surface area contributed by atoms with E-state index in [1.165, 1.54) is 22.7 Å². The predicted octanol–water partition coefficient (Wildman–Crippen LogP) is 2.53. The molecule has 0 saturated carbocycles. The fourth-order valence-electron chi connectivity index (χ4n) is 1.46. The maximum absolute atomic E-state index is 12.4. The lowest BCUT2D eigenvalue weighted by molar-refractivity contribution is -0.140. The molecule has 0 bridgehead atoms. The van der Waals surface area contributed by atoms with Crippen LogP contribution in [0.1, 0.15) is 23.0 Å². The van der Waals surface area contributed by atoms with Crippen LogP contribution in [0.2, 0.25) is 0 Å². The first-order valence-corrected chi connectivity index (χ1v) is 5.15. The second-order valence-corrected chi connectivity index (χ2v) is 3.53. The standard InChI is InChI=1S/C11H9F3N2O2/c1-2-18-10(17)7-3-4-16-6-8(11(12,13)14)15-9(16)5-7/h3-6H,2H2,1H3. The van der Waals surface area contributed by atoms with Gasteiger partial charge in [0.25, 0.3) is 0 Å². The number of esters is 1. The molecular formula is C11H9F3N2O2. The number of carbonyl (C=O) groups is 1. The summed E-state index contributed by atoms with van der Waals surface area (Å²) in [7, 11) is 0. The van der Waals surface area contributed by atoms with Crippen LogP contribution in [-0.2, 0) is 10.9 Å². The number of halogens is 3. The summed E-state index contributed by atoms with van der Waals surface area (Å²) in [6.45, 7) is 1.85. The lowest BCUT2D eigenvalue weighted by Crippen LogP contribution is -2.05. The summed E-state index contributed by atoms with van der Waals surface area (Å²) >= 11 is 0. The van der Waals surface area contributed by atoms with Crippen LogP contribution < -0.4 is 0 Å². The average Bonchev–Trinajstić information content (AvgIpc) is 2.71. The third-order valence-electron chi connectivity index (χ3n) is 2.26. The van der Waals surface area contributed by atoms with Gasteiger partial charge in [0.15, 0.2) is 5.69 Å². The Labute approximate surface area is 100 Å². The minimum atomic E-state index is -4.50. The molecule has 0 aromatic carbocycles. The quantitative estimate of drug-likeness (QED) is 0.777. The highest BCUT2D eigenvalue weighted by molar-refractivity contribution is 5.90. The van der Waals surface area contributed by atoms with Crippen LogP contribution in [0.15, 0.2) is 24.5 Å². The molecule has 96 valence electrons. The summed E-state index contributed by atoms with van der Waals surface area (Å²) in [4.78, 5) is 14.8. The number of imidazole rings is 1. The van der Waals surface area contributed by atoms with E-state index in [1.54, 1.807) is 6.92 Å². The van der Waals surface area contributed by atoms with Crippen LogP contribution in [0.5, 0.6) is 0 Å². The van der Waals surface area contributed by atoms with Crippen LogP contribution in [0.4, 0.5) is 13.2 Å². The third kappa shape index (κ3) is 2.29. The van der Waals surface area contributed by atoms with E-state index in [2.05, 4.69) is 4.98 Å². The molecule has 0 spiro atoms. The molecule has 4 nitrogen and oxygen atoms in total. The van der Waals surface area contributed by atoms with Gasteiger partial charge in [-0.2, -0.15) is 13.2 Å². The van der Waals surface area contributed by atoms with Crippen LogP contribution in [0.25, 0.3) is 5.65 Å². The van der Waals surface area contributed by atoms with Crippen molar-refractivity contribution in [3.63, 3.8) is 0 Å². The van der Waals surface area contributed by atoms with Crippen molar-refractivity contribution in [3.05, 3.63) is 35.8 Å². The molecule has 2 heterocycles. The molecule has 0 aliphatic carbocycles. The van der Waals surface area contributed by atoms with Gasteiger partial charge in [-0.1, -0.05) is 0 Å². The minimum Gasteiger partial charge on any atom is -0.462 e. The topological polar surface area (TPSA) is 43.6 Å². The molecule has 0 atom stereocenters. The molecule has 2 aromatic heterocycles. The summed E-state index contributed by atoms with van der Waals surface area (Å²) in [5.41, 5.74) is -0.778. The molecule has 7 heteroatoms. The zero-order chi connectivity index (χ0) is 13.3. The van der Waals surface area contributed by atoms with Gasteiger partial charge in [0.2, 0.25) is 0 Å². The van der Waals surface area contributed by atoms with Crippen molar-refractivity contribution < 1.29 is 22.7 Å². The number of nitrogens with zero attached hydrogens (tertiary/aromatic N) is 2. The summed E-state index contributed by atoms with van der Waals surface area (Å²) in [6, 6.07) is 2.64. The van der Waals surface area contributed by atoms with Crippen molar-refractivity contribution in [2.45, 2.75) is 13.1 Å². The molecule has 0 fully saturated rings. The highest BCUT2D eigenvalue weighted by atomic mass is 19.4. The molecule has 0 amide bonds. The molecule has 0 aliphatic rings. The van der Waals surface area contributed by atoms with E-state index in [1.807, 2.05) is 0 Å². The lowest BCUT2D eigenvalue weighted by atomic mass is 10.3. The Morgan fingerprint density at radius 3 is 2.83 bits per heavy atom. The Kier molecular flexibility index (Phi) is 2.98. The van der Waals surface area contributed by atoms with Crippen molar-refractivity contribution in [3.8, 4) is 0 Å². The fraction of sp³-hybridized carbons (Fsp3) is 0.273. The monoisotopic (exact) mass is 258 g/mol. The molecular weight excluding hydrogens is 249 g/mol. The van der Waals surface area contributed by atoms with Crippen molar-refractivity contribution in [2.75, 3.05) is 6.61 Å². The minimum absolute atomic E-state index is 0.0490. The number of fused-ring (bicyclic) bond motifs is 1. The van der Waals surface area contributed by atoms with Gasteiger partial charge in [-0.25, -0.2) is 9.78 Å². The Morgan fingerprint density at radius 2 is 2.22 bits per heavy atom. The largest absolute Gasteiger partial charge is 0.462 e. The Morgan fingerprint density at radius 1 is 1.50 bits per heavy atom. The molecule has 18 heavy (non-hydrogen) atoms. The van der Waals surface area contributed by atoms with E-state index in [0.29, 0.717) is 0 Å². The number of carbonyl (C=O) groups excluding carboxylic acids is 1. The van der Waals surface area contributed by atoms with Crippen molar-refractivity contribution >= 4 is 11.6 Å². The first-order chi connectivity index (χ1) is 8.41. The van der Waals surface area contributed by atoms with Gasteiger partial charge in [-0.3, -0.25) is 0 Å². The molecule has 2 rings (SSSR count). The normalized spacial score (nSPS) is 11.8. The first kappa shape index (κ1) is 12.4. The lowest BCUT2D eigenvalue weighted by Gasteiger charge is -2.01. The van der Waals surface area contributed by atoms with Crippen LogP contribution in [0, 0.1) is 0 Å². The fourth-order valence-corrected chi connectivity index (χ4v) is 1.46. The van der Waals surface area contributed by atoms with E-state index >= 15 is 0 Å². The summed E-state index contributed by atoms with van der Waals surface area (Å²) in [6.07, 6.45) is -2.30. The number of ether oxygens (including phenoxy) is 1. The summed E-state index contributed by atoms with van der Waals surface area (Å²) < 4.78 is 43.3. The number of hydrogen-bond acceptors (Lipinski definition) is 3. The number of aromatic nitrogens is 2. The van der Waals surface area contributed by atoms with Gasteiger partial charge in [0, 0.05) is 12.4 Å². The van der Waals surface area contributed by atoms with E-state index in [0.717, 1.165) is 6.20 Å². The molecule has 2 aromatic rings. The van der Waals surface area contributed by atoms with E-state index < -0.39 is 17.8 Å². The van der Waals surface area contributed by atoms with Crippen molar-refractivity contribution in [1.29, 1.82) is 0 Å². The number of alkyl halides is 3. The SMILES string of the molecule is CCOC(=O)c1ccn2cc(C(F)(F)F)nc2c1. The number of rotatable bonds is 2. The van der Waals surface area contributed by atoms with Gasteiger partial charge in [-0.15, -0.1) is 0 Å². The molecule has 0 radical (unpaired) electrons.